The molecule has 3 amide bonds. The van der Waals surface area contributed by atoms with Crippen molar-refractivity contribution in [2.75, 3.05) is 43.0 Å². The highest BCUT2D eigenvalue weighted by Gasteiger charge is 2.23. The van der Waals surface area contributed by atoms with Gasteiger partial charge in [-0.25, -0.2) is 9.10 Å². The summed E-state index contributed by atoms with van der Waals surface area (Å²) in [5.41, 5.74) is 6.50. The summed E-state index contributed by atoms with van der Waals surface area (Å²) in [6, 6.07) is 4.58. The second-order valence-electron chi connectivity index (χ2n) is 4.74. The molecule has 1 fully saturated rings. The lowest BCUT2D eigenvalue weighted by Gasteiger charge is -2.34. The summed E-state index contributed by atoms with van der Waals surface area (Å²) in [7, 11) is 3.28. The third-order valence-electron chi connectivity index (χ3n) is 3.42. The van der Waals surface area contributed by atoms with E-state index < -0.39 is 6.03 Å². The Balaban J connectivity index is 2.31. The zero-order chi connectivity index (χ0) is 15.6. The van der Waals surface area contributed by atoms with Crippen molar-refractivity contribution in [3.8, 4) is 5.75 Å². The molecule has 1 aliphatic heterocycles. The van der Waals surface area contributed by atoms with Gasteiger partial charge in [0, 0.05) is 25.8 Å². The van der Waals surface area contributed by atoms with Gasteiger partial charge >= 0.3 is 6.03 Å². The van der Waals surface area contributed by atoms with Crippen LogP contribution >= 0.6 is 12.8 Å². The molecule has 1 saturated heterocycles. The summed E-state index contributed by atoms with van der Waals surface area (Å²) in [6.07, 6.45) is 0. The van der Waals surface area contributed by atoms with Gasteiger partial charge in [0.15, 0.2) is 0 Å². The maximum atomic E-state index is 11.8. The number of likely N-dealkylation sites (N-methyl/N-ethyl adjacent to an activating group) is 1. The molecule has 1 aliphatic rings. The molecular weight excluding hydrogens is 292 g/mol. The van der Waals surface area contributed by atoms with E-state index >= 15 is 0 Å². The number of piperazine rings is 1. The van der Waals surface area contributed by atoms with Crippen LogP contribution in [0.2, 0.25) is 0 Å². The van der Waals surface area contributed by atoms with Gasteiger partial charge in [0.2, 0.25) is 5.91 Å². The van der Waals surface area contributed by atoms with Gasteiger partial charge in [0.25, 0.3) is 0 Å². The van der Waals surface area contributed by atoms with Crippen molar-refractivity contribution in [2.45, 2.75) is 0 Å². The molecule has 7 nitrogen and oxygen atoms in total. The van der Waals surface area contributed by atoms with Crippen LogP contribution < -0.4 is 19.7 Å². The smallest absolute Gasteiger partial charge is 0.329 e. The van der Waals surface area contributed by atoms with Crippen molar-refractivity contribution >= 4 is 36.1 Å². The molecule has 2 rings (SSSR count). The molecule has 0 atom stereocenters. The van der Waals surface area contributed by atoms with Crippen LogP contribution in [0.3, 0.4) is 0 Å². The van der Waals surface area contributed by atoms with Gasteiger partial charge in [-0.05, 0) is 18.2 Å². The van der Waals surface area contributed by atoms with Crippen molar-refractivity contribution in [3.63, 3.8) is 0 Å². The number of carbonyl (C=O) groups excluding carboxylic acids is 2. The summed E-state index contributed by atoms with van der Waals surface area (Å²) < 4.78 is 6.22. The molecule has 1 aromatic carbocycles. The molecule has 1 heterocycles. The summed E-state index contributed by atoms with van der Waals surface area (Å²) in [5, 5.41) is 0. The Morgan fingerprint density at radius 2 is 2.14 bits per heavy atom. The van der Waals surface area contributed by atoms with Gasteiger partial charge in [-0.2, -0.15) is 0 Å². The minimum absolute atomic E-state index is 0.0521. The highest BCUT2D eigenvalue weighted by Crippen LogP contribution is 2.34. The second kappa shape index (κ2) is 6.13. The van der Waals surface area contributed by atoms with Gasteiger partial charge in [-0.15, -0.1) is 0 Å². The Labute approximate surface area is 128 Å². The molecule has 0 spiro atoms. The predicted octanol–water partition coefficient (Wildman–Crippen LogP) is 0.704. The number of nitrogens with zero attached hydrogens (tertiary/aromatic N) is 3. The maximum absolute atomic E-state index is 11.8. The van der Waals surface area contributed by atoms with E-state index in [2.05, 4.69) is 12.8 Å². The lowest BCUT2D eigenvalue weighted by atomic mass is 10.2. The maximum Gasteiger partial charge on any atom is 0.329 e. The fourth-order valence-electron chi connectivity index (χ4n) is 2.14. The number of ether oxygens (including phenoxy) is 1. The number of thiol groups is 1. The molecule has 0 bridgehead atoms. The predicted molar refractivity (Wildman–Crippen MR) is 83.9 cm³/mol. The summed E-state index contributed by atoms with van der Waals surface area (Å²) in [6.45, 7) is 1.67. The van der Waals surface area contributed by atoms with Crippen LogP contribution in [-0.4, -0.2) is 50.6 Å². The van der Waals surface area contributed by atoms with Crippen LogP contribution in [0.5, 0.6) is 5.75 Å². The SMILES string of the molecule is COc1ccc(N2CCN(C)C(=O)C2)cc1N(S)C(N)=O. The number of methoxy groups -OCH3 is 1. The van der Waals surface area contributed by atoms with Crippen LogP contribution in [-0.2, 0) is 4.79 Å². The normalized spacial score (nSPS) is 15.1. The molecule has 8 heteroatoms. The second-order valence-corrected chi connectivity index (χ2v) is 5.14. The first kappa shape index (κ1) is 15.3. The van der Waals surface area contributed by atoms with E-state index in [-0.39, 0.29) is 5.91 Å². The van der Waals surface area contributed by atoms with Gasteiger partial charge in [-0.1, -0.05) is 12.8 Å². The number of nitrogens with two attached hydrogens (primary N) is 1. The van der Waals surface area contributed by atoms with Gasteiger partial charge in [-0.3, -0.25) is 4.79 Å². The van der Waals surface area contributed by atoms with E-state index in [1.807, 2.05) is 11.0 Å². The Hall–Kier alpha value is -2.09. The Morgan fingerprint density at radius 1 is 1.43 bits per heavy atom. The lowest BCUT2D eigenvalue weighted by molar-refractivity contribution is -0.129. The van der Waals surface area contributed by atoms with E-state index in [0.717, 1.165) is 16.5 Å². The number of anilines is 2. The number of rotatable bonds is 3. The minimum atomic E-state index is -0.705. The molecule has 21 heavy (non-hydrogen) atoms. The van der Waals surface area contributed by atoms with Crippen molar-refractivity contribution in [3.05, 3.63) is 18.2 Å². The zero-order valence-electron chi connectivity index (χ0n) is 11.9. The fraction of sp³-hybridized carbons (Fsp3) is 0.385. The largest absolute Gasteiger partial charge is 0.495 e. The van der Waals surface area contributed by atoms with E-state index in [9.17, 15) is 9.59 Å². The molecule has 0 aromatic heterocycles. The number of primary amides is 1. The van der Waals surface area contributed by atoms with E-state index in [0.29, 0.717) is 24.5 Å². The minimum Gasteiger partial charge on any atom is -0.495 e. The monoisotopic (exact) mass is 310 g/mol. The molecule has 0 saturated carbocycles. The number of hydrogen-bond donors (Lipinski definition) is 2. The van der Waals surface area contributed by atoms with Crippen LogP contribution in [0.4, 0.5) is 16.2 Å². The van der Waals surface area contributed by atoms with Crippen LogP contribution in [0.1, 0.15) is 0 Å². The number of urea groups is 1. The van der Waals surface area contributed by atoms with Crippen LogP contribution in [0, 0.1) is 0 Å². The Morgan fingerprint density at radius 3 is 2.71 bits per heavy atom. The van der Waals surface area contributed by atoms with Crippen LogP contribution in [0.25, 0.3) is 0 Å². The first-order valence-electron chi connectivity index (χ1n) is 6.39. The summed E-state index contributed by atoms with van der Waals surface area (Å²) in [4.78, 5) is 26.7. The molecular formula is C13H18N4O3S. The van der Waals surface area contributed by atoms with Gasteiger partial charge in [0.1, 0.15) is 11.4 Å². The molecule has 114 valence electrons. The number of carbonyl (C=O) groups is 2. The molecule has 0 aliphatic carbocycles. The third kappa shape index (κ3) is 3.15. The average Bonchev–Trinajstić information content (AvgIpc) is 2.48. The van der Waals surface area contributed by atoms with Crippen molar-refractivity contribution < 1.29 is 14.3 Å². The van der Waals surface area contributed by atoms with Crippen molar-refractivity contribution in [1.82, 2.24) is 4.90 Å². The molecule has 2 N–H and O–H groups in total. The van der Waals surface area contributed by atoms with E-state index in [4.69, 9.17) is 10.5 Å². The quantitative estimate of drug-likeness (QED) is 0.806. The lowest BCUT2D eigenvalue weighted by Crippen LogP contribution is -2.48. The first-order valence-corrected chi connectivity index (χ1v) is 6.79. The molecule has 0 unspecified atom stereocenters. The Bertz CT molecular complexity index is 566. The van der Waals surface area contributed by atoms with E-state index in [1.54, 1.807) is 24.1 Å². The zero-order valence-corrected chi connectivity index (χ0v) is 12.8. The highest BCUT2D eigenvalue weighted by atomic mass is 32.1. The average molecular weight is 310 g/mol. The Kier molecular flexibility index (Phi) is 4.46. The molecule has 1 aromatic rings. The van der Waals surface area contributed by atoms with Crippen molar-refractivity contribution in [1.29, 1.82) is 0 Å². The van der Waals surface area contributed by atoms with Gasteiger partial charge in [0.05, 0.1) is 13.7 Å². The van der Waals surface area contributed by atoms with Crippen LogP contribution in [0.15, 0.2) is 18.2 Å². The van der Waals surface area contributed by atoms with Gasteiger partial charge < -0.3 is 20.3 Å². The standard InChI is InChI=1S/C13H18N4O3S/c1-15-5-6-16(8-12(15)18)9-3-4-11(20-2)10(7-9)17(21)13(14)19/h3-4,7,21H,5-6,8H2,1-2H3,(H2,14,19). The number of benzene rings is 1. The van der Waals surface area contributed by atoms with Crippen molar-refractivity contribution in [2.24, 2.45) is 5.73 Å². The van der Waals surface area contributed by atoms with E-state index in [1.165, 1.54) is 7.11 Å². The number of amides is 3. The summed E-state index contributed by atoms with van der Waals surface area (Å²) in [5.74, 6) is 0.532. The first-order chi connectivity index (χ1) is 9.93. The molecule has 0 radical (unpaired) electrons. The fourth-order valence-corrected chi connectivity index (χ4v) is 2.29. The number of hydrogen-bond acceptors (Lipinski definition) is 5. The highest BCUT2D eigenvalue weighted by molar-refractivity contribution is 7.82. The topological polar surface area (TPSA) is 79.1 Å². The summed E-state index contributed by atoms with van der Waals surface area (Å²) >= 11 is 4.07. The third-order valence-corrected chi connectivity index (χ3v) is 3.83.